The van der Waals surface area contributed by atoms with Crippen molar-refractivity contribution >= 4 is 103 Å². The Bertz CT molecular complexity index is 3010. The fourth-order valence-electron chi connectivity index (χ4n) is 7.67. The van der Waals surface area contributed by atoms with E-state index in [0.717, 1.165) is 18.2 Å². The molecule has 4 aromatic rings. The van der Waals surface area contributed by atoms with E-state index >= 15 is 0 Å². The molecule has 0 saturated carbocycles. The van der Waals surface area contributed by atoms with Gasteiger partial charge in [-0.1, -0.05) is 26.0 Å². The van der Waals surface area contributed by atoms with Crippen molar-refractivity contribution < 1.29 is 343 Å². The average Bonchev–Trinajstić information content (AvgIpc) is 3.44. The van der Waals surface area contributed by atoms with Crippen LogP contribution in [0, 0.1) is 0 Å². The van der Waals surface area contributed by atoms with Gasteiger partial charge in [0, 0.05) is 55.1 Å². The zero-order valence-corrected chi connectivity index (χ0v) is 56.0. The molecule has 2 heterocycles. The molecule has 0 amide bonds. The summed E-state index contributed by atoms with van der Waals surface area (Å²) in [7, 11) is -20.1. The van der Waals surface area contributed by atoms with Crippen molar-refractivity contribution in [2.24, 2.45) is 0 Å². The third-order valence-corrected chi connectivity index (χ3v) is 13.7. The van der Waals surface area contributed by atoms with E-state index in [1.807, 2.05) is 0 Å². The molecule has 4 aromatic carbocycles. The largest absolute Gasteiger partial charge is 1.00 e. The summed E-state index contributed by atoms with van der Waals surface area (Å²) in [4.78, 5) is -0.354. The number of fused-ring (bicyclic) bond motifs is 6. The molecule has 6 rings (SSSR count). The summed E-state index contributed by atoms with van der Waals surface area (Å²) in [5.74, 6) is -2.16. The van der Waals surface area contributed by atoms with E-state index in [0.29, 0.717) is 17.6 Å². The van der Waals surface area contributed by atoms with E-state index in [1.54, 1.807) is 27.7 Å². The van der Waals surface area contributed by atoms with E-state index in [9.17, 15) is 62.4 Å². The third kappa shape index (κ3) is 14.9. The molecular weight excluding hydrogens is 1100 g/mol. The molecule has 0 saturated heterocycles. The minimum Gasteiger partial charge on any atom is -0.744 e. The van der Waals surface area contributed by atoms with Gasteiger partial charge in [0.1, 0.15) is 20.2 Å². The summed E-state index contributed by atoms with van der Waals surface area (Å²) in [6.07, 6.45) is 4.18. The summed E-state index contributed by atoms with van der Waals surface area (Å²) >= 11 is 0.600. The summed E-state index contributed by atoms with van der Waals surface area (Å²) in [5, 5.41) is 28.5. The van der Waals surface area contributed by atoms with Gasteiger partial charge < -0.3 is 29.1 Å². The smallest absolute Gasteiger partial charge is 0.744 e. The van der Waals surface area contributed by atoms with Gasteiger partial charge in [0.05, 0.1) is 39.3 Å². The van der Waals surface area contributed by atoms with Gasteiger partial charge in [0.2, 0.25) is 11.6 Å². The minimum absolute atomic E-state index is 0. The maximum absolute atomic E-state index is 12.7. The standard InChI is InChI=1S/C33H32N2O18S6.5K/c1-32(2)26(34(16-56(38,39)40)22-11-9-19-13-21(58(44,45)46)15-24(55-53-51-37)28(19)30(22)32)6-5-7-27-33(3,4)31-23(35(27)17-57(41,42)43)10-8-18-12-20(54-52-50-36)14-25(29(18)31)59(47,48)49;;;;;/h5-15H,16-17H2,1-4H3,(H5-,36,37,38,39,40,41,42,43,44,45,46,47,48,49);;;;;/q;5*+1/p-4. The van der Waals surface area contributed by atoms with Crippen molar-refractivity contribution in [1.29, 1.82) is 0 Å². The van der Waals surface area contributed by atoms with Crippen molar-refractivity contribution in [3.8, 4) is 0 Å². The molecule has 0 fully saturated rings. The van der Waals surface area contributed by atoms with E-state index in [2.05, 4.69) is 18.7 Å². The first-order valence-electron chi connectivity index (χ1n) is 16.3. The van der Waals surface area contributed by atoms with Crippen LogP contribution in [0.2, 0.25) is 0 Å². The van der Waals surface area contributed by atoms with E-state index < -0.39 is 72.8 Å². The van der Waals surface area contributed by atoms with Crippen molar-refractivity contribution in [2.75, 3.05) is 16.7 Å². The molecule has 0 spiro atoms. The maximum Gasteiger partial charge on any atom is 1.00 e. The summed E-state index contributed by atoms with van der Waals surface area (Å²) in [6.45, 7) is 6.43. The predicted octanol–water partition coefficient (Wildman–Crippen LogP) is -12.8. The van der Waals surface area contributed by atoms with Crippen LogP contribution in [0.1, 0.15) is 38.8 Å². The SMILES string of the molecule is CC1(C)C(/C=C/C=C2/N(CS(=O)(=O)O)c3ccc4cc(SOO[O-])cc(S(=O)(=O)[O-])c4c3C2(C)C)=[N+](CS(=O)(=O)[O-])c2ccc3cc(S(=O)(=O)[O-])cc(SOO[O-])c3c21.[K+].[K+].[K+].[K+].[K+]. The molecule has 0 unspecified atom stereocenters. The van der Waals surface area contributed by atoms with Crippen LogP contribution in [-0.4, -0.2) is 73.9 Å². The number of benzene rings is 4. The second kappa shape index (κ2) is 25.9. The normalized spacial score (nSPS) is 16.2. The Morgan fingerprint density at radius 3 is 1.86 bits per heavy atom. The van der Waals surface area contributed by atoms with Crippen molar-refractivity contribution in [3.63, 3.8) is 0 Å². The Morgan fingerprint density at radius 1 is 0.734 bits per heavy atom. The van der Waals surface area contributed by atoms with Crippen LogP contribution in [0.5, 0.6) is 0 Å². The molecule has 0 atom stereocenters. The number of rotatable bonds is 14. The molecule has 0 bridgehead atoms. The Hall–Kier alpha value is 4.63. The van der Waals surface area contributed by atoms with Gasteiger partial charge in [0.25, 0.3) is 10.1 Å². The van der Waals surface area contributed by atoms with E-state index in [-0.39, 0.29) is 329 Å². The first kappa shape index (κ1) is 66.6. The fraction of sp³-hybridized carbons (Fsp3) is 0.242. The Morgan fingerprint density at radius 2 is 1.31 bits per heavy atom. The summed E-state index contributed by atoms with van der Waals surface area (Å²) < 4.78 is 156. The van der Waals surface area contributed by atoms with Crippen LogP contribution in [0.25, 0.3) is 21.5 Å². The molecule has 2 aliphatic rings. The number of anilines is 1. The Kier molecular flexibility index (Phi) is 27.0. The molecule has 318 valence electrons. The molecular formula is C33H28K5N2O18S6+. The van der Waals surface area contributed by atoms with Gasteiger partial charge in [-0.3, -0.25) is 14.6 Å². The first-order valence-corrected chi connectivity index (χ1v) is 23.8. The quantitative estimate of drug-likeness (QED) is 0.0306. The third-order valence-electron chi connectivity index (χ3n) is 9.72. The van der Waals surface area contributed by atoms with Gasteiger partial charge >= 0.3 is 257 Å². The van der Waals surface area contributed by atoms with Crippen LogP contribution < -0.4 is 272 Å². The van der Waals surface area contributed by atoms with Crippen LogP contribution in [0.3, 0.4) is 0 Å². The van der Waals surface area contributed by atoms with Crippen LogP contribution in [0.4, 0.5) is 11.4 Å². The molecule has 0 aromatic heterocycles. The topological polar surface area (TPSA) is 315 Å². The average molecular weight is 1130 g/mol. The number of allylic oxidation sites excluding steroid dienone is 4. The molecule has 0 radical (unpaired) electrons. The fourth-order valence-corrected chi connectivity index (χ4v) is 11.3. The van der Waals surface area contributed by atoms with Gasteiger partial charge in [-0.05, 0) is 72.7 Å². The molecule has 1 N–H and O–H groups in total. The van der Waals surface area contributed by atoms with Gasteiger partial charge in [0.15, 0.2) is 21.7 Å². The van der Waals surface area contributed by atoms with E-state index in [4.69, 9.17) is 0 Å². The van der Waals surface area contributed by atoms with Crippen molar-refractivity contribution in [3.05, 3.63) is 83.6 Å². The number of hydrogen-bond donors (Lipinski definition) is 1. The molecule has 0 aliphatic carbocycles. The zero-order chi connectivity index (χ0) is 43.7. The minimum atomic E-state index is -5.26. The van der Waals surface area contributed by atoms with Crippen LogP contribution >= 0.6 is 24.1 Å². The van der Waals surface area contributed by atoms with Gasteiger partial charge in [-0.15, -0.1) is 0 Å². The van der Waals surface area contributed by atoms with E-state index in [1.165, 1.54) is 58.0 Å². The van der Waals surface area contributed by atoms with Gasteiger partial charge in [-0.25, -0.2) is 25.3 Å². The molecule has 2 aliphatic heterocycles. The first-order chi connectivity index (χ1) is 27.2. The number of hydrogen-bond acceptors (Lipinski definition) is 20. The Balaban J connectivity index is 0.00000410. The zero-order valence-electron chi connectivity index (χ0n) is 35.5. The second-order valence-corrected chi connectivity index (χ2v) is 21.1. The van der Waals surface area contributed by atoms with Crippen LogP contribution in [0.15, 0.2) is 92.0 Å². The molecule has 20 nitrogen and oxygen atoms in total. The van der Waals surface area contributed by atoms with Crippen molar-refractivity contribution in [1.82, 2.24) is 0 Å². The second-order valence-electron chi connectivity index (χ2n) is 14.1. The van der Waals surface area contributed by atoms with Gasteiger partial charge in [-0.2, -0.15) is 21.7 Å². The molecule has 31 heteroatoms. The van der Waals surface area contributed by atoms with Crippen molar-refractivity contribution in [2.45, 2.75) is 58.1 Å². The Labute approximate surface area is 590 Å². The summed E-state index contributed by atoms with van der Waals surface area (Å²) in [6, 6.07) is 9.90. The van der Waals surface area contributed by atoms with Crippen LogP contribution in [-0.2, 0) is 70.0 Å². The maximum atomic E-state index is 12.7. The molecule has 64 heavy (non-hydrogen) atoms. The number of nitrogens with zero attached hydrogens (tertiary/aromatic N) is 2. The predicted molar refractivity (Wildman–Crippen MR) is 202 cm³/mol. The summed E-state index contributed by atoms with van der Waals surface area (Å²) in [5.41, 5.74) is -1.63. The monoisotopic (exact) mass is 1130 g/mol.